The van der Waals surface area contributed by atoms with Gasteiger partial charge in [0.15, 0.2) is 0 Å². The van der Waals surface area contributed by atoms with E-state index in [9.17, 15) is 0 Å². The number of nitrogens with two attached hydrogens (primary N) is 1. The number of nitrogens with zero attached hydrogens (tertiary/aromatic N) is 3. The molecule has 0 aliphatic carbocycles. The van der Waals surface area contributed by atoms with E-state index in [-0.39, 0.29) is 5.82 Å². The van der Waals surface area contributed by atoms with E-state index in [1.54, 1.807) is 0 Å². The average molecular weight is 224 g/mol. The van der Waals surface area contributed by atoms with Crippen LogP contribution in [-0.2, 0) is 6.42 Å². The van der Waals surface area contributed by atoms with Crippen LogP contribution in [0.4, 0.5) is 5.82 Å². The molecule has 0 fully saturated rings. The zero-order valence-corrected chi connectivity index (χ0v) is 9.51. The Morgan fingerprint density at radius 1 is 1.24 bits per heavy atom. The van der Waals surface area contributed by atoms with E-state index < -0.39 is 0 Å². The summed E-state index contributed by atoms with van der Waals surface area (Å²) in [5.41, 5.74) is 7.60. The fraction of sp³-hybridized carbons (Fsp3) is 0.154. The molecular formula is C13H12N4. The van der Waals surface area contributed by atoms with Crippen molar-refractivity contribution in [1.29, 1.82) is 5.26 Å². The third kappa shape index (κ3) is 2.08. The molecule has 0 saturated heterocycles. The van der Waals surface area contributed by atoms with Gasteiger partial charge in [0.1, 0.15) is 23.3 Å². The van der Waals surface area contributed by atoms with Crippen LogP contribution in [0.5, 0.6) is 0 Å². The highest BCUT2D eigenvalue weighted by molar-refractivity contribution is 5.71. The summed E-state index contributed by atoms with van der Waals surface area (Å²) in [5.74, 6) is 0.901. The van der Waals surface area contributed by atoms with Gasteiger partial charge in [0.2, 0.25) is 0 Å². The lowest BCUT2D eigenvalue weighted by molar-refractivity contribution is 0.945. The van der Waals surface area contributed by atoms with E-state index in [2.05, 4.69) is 16.0 Å². The standard InChI is InChI=1S/C13H12N4/c1-2-11-16-12(9-6-4-3-5-7-9)10(8-14)13(15)17-11/h3-7H,2H2,1H3,(H2,15,16,17). The Morgan fingerprint density at radius 2 is 1.94 bits per heavy atom. The van der Waals surface area contributed by atoms with Crippen LogP contribution in [0.2, 0.25) is 0 Å². The van der Waals surface area contributed by atoms with Crippen LogP contribution in [0, 0.1) is 11.3 Å². The molecule has 0 aliphatic heterocycles. The Hall–Kier alpha value is -2.41. The van der Waals surface area contributed by atoms with Crippen molar-refractivity contribution in [2.45, 2.75) is 13.3 Å². The number of hydrogen-bond donors (Lipinski definition) is 1. The Balaban J connectivity index is 2.68. The van der Waals surface area contributed by atoms with Gasteiger partial charge >= 0.3 is 0 Å². The summed E-state index contributed by atoms with van der Waals surface area (Å²) in [6.07, 6.45) is 0.690. The minimum absolute atomic E-state index is 0.248. The smallest absolute Gasteiger partial charge is 0.145 e. The number of nitriles is 1. The Labute approximate surface area is 99.8 Å². The van der Waals surface area contributed by atoms with Crippen molar-refractivity contribution in [3.05, 3.63) is 41.7 Å². The van der Waals surface area contributed by atoms with E-state index >= 15 is 0 Å². The predicted octanol–water partition coefficient (Wildman–Crippen LogP) is 2.16. The van der Waals surface area contributed by atoms with Gasteiger partial charge in [-0.3, -0.25) is 0 Å². The Bertz CT molecular complexity index is 570. The van der Waals surface area contributed by atoms with Gasteiger partial charge in [0.05, 0.1) is 5.69 Å². The van der Waals surface area contributed by atoms with Crippen LogP contribution in [0.1, 0.15) is 18.3 Å². The molecule has 4 heteroatoms. The van der Waals surface area contributed by atoms with Crippen LogP contribution in [-0.4, -0.2) is 9.97 Å². The van der Waals surface area contributed by atoms with Gasteiger partial charge in [-0.2, -0.15) is 5.26 Å². The van der Waals surface area contributed by atoms with Crippen LogP contribution in [0.25, 0.3) is 11.3 Å². The van der Waals surface area contributed by atoms with Crippen molar-refractivity contribution < 1.29 is 0 Å². The van der Waals surface area contributed by atoms with Crippen molar-refractivity contribution in [3.8, 4) is 17.3 Å². The predicted molar refractivity (Wildman–Crippen MR) is 66.0 cm³/mol. The van der Waals surface area contributed by atoms with Gasteiger partial charge in [-0.25, -0.2) is 9.97 Å². The number of rotatable bonds is 2. The first kappa shape index (κ1) is 11.1. The number of hydrogen-bond acceptors (Lipinski definition) is 4. The molecule has 0 atom stereocenters. The highest BCUT2D eigenvalue weighted by Crippen LogP contribution is 2.24. The maximum atomic E-state index is 9.11. The minimum atomic E-state index is 0.248. The first-order valence-electron chi connectivity index (χ1n) is 5.38. The van der Waals surface area contributed by atoms with Gasteiger partial charge in [-0.05, 0) is 0 Å². The highest BCUT2D eigenvalue weighted by atomic mass is 15.0. The van der Waals surface area contributed by atoms with Crippen molar-refractivity contribution >= 4 is 5.82 Å². The van der Waals surface area contributed by atoms with Crippen LogP contribution in [0.3, 0.4) is 0 Å². The van der Waals surface area contributed by atoms with E-state index in [0.717, 1.165) is 5.56 Å². The maximum Gasteiger partial charge on any atom is 0.145 e. The topological polar surface area (TPSA) is 75.6 Å². The minimum Gasteiger partial charge on any atom is -0.382 e. The number of benzene rings is 1. The monoisotopic (exact) mass is 224 g/mol. The Kier molecular flexibility index (Phi) is 3.01. The lowest BCUT2D eigenvalue weighted by Gasteiger charge is -2.07. The SMILES string of the molecule is CCc1nc(N)c(C#N)c(-c2ccccc2)n1. The summed E-state index contributed by atoms with van der Waals surface area (Å²) in [6.45, 7) is 1.95. The second-order valence-electron chi connectivity index (χ2n) is 3.58. The van der Waals surface area contributed by atoms with Crippen LogP contribution < -0.4 is 5.73 Å². The summed E-state index contributed by atoms with van der Waals surface area (Å²) < 4.78 is 0. The number of aromatic nitrogens is 2. The first-order chi connectivity index (χ1) is 8.26. The molecule has 0 saturated carbocycles. The summed E-state index contributed by atoms with van der Waals surface area (Å²) in [4.78, 5) is 8.47. The first-order valence-corrected chi connectivity index (χ1v) is 5.38. The Morgan fingerprint density at radius 3 is 2.53 bits per heavy atom. The highest BCUT2D eigenvalue weighted by Gasteiger charge is 2.12. The molecule has 1 heterocycles. The lowest BCUT2D eigenvalue weighted by atomic mass is 10.1. The third-order valence-electron chi connectivity index (χ3n) is 2.46. The molecule has 0 amide bonds. The van der Waals surface area contributed by atoms with E-state index in [4.69, 9.17) is 11.0 Å². The molecule has 1 aromatic heterocycles. The molecule has 0 unspecified atom stereocenters. The van der Waals surface area contributed by atoms with Crippen molar-refractivity contribution in [2.24, 2.45) is 0 Å². The van der Waals surface area contributed by atoms with Gasteiger partial charge < -0.3 is 5.73 Å². The zero-order valence-electron chi connectivity index (χ0n) is 9.51. The van der Waals surface area contributed by atoms with E-state index in [0.29, 0.717) is 23.5 Å². The fourth-order valence-corrected chi connectivity index (χ4v) is 1.60. The fourth-order valence-electron chi connectivity index (χ4n) is 1.60. The molecular weight excluding hydrogens is 212 g/mol. The molecule has 1 aromatic carbocycles. The summed E-state index contributed by atoms with van der Waals surface area (Å²) in [7, 11) is 0. The normalized spacial score (nSPS) is 9.88. The largest absolute Gasteiger partial charge is 0.382 e. The molecule has 2 rings (SSSR count). The van der Waals surface area contributed by atoms with Gasteiger partial charge in [-0.15, -0.1) is 0 Å². The molecule has 2 N–H and O–H groups in total. The van der Waals surface area contributed by atoms with Crippen molar-refractivity contribution in [2.75, 3.05) is 5.73 Å². The van der Waals surface area contributed by atoms with Crippen molar-refractivity contribution in [1.82, 2.24) is 9.97 Å². The summed E-state index contributed by atoms with van der Waals surface area (Å²) in [5, 5.41) is 9.11. The lowest BCUT2D eigenvalue weighted by Crippen LogP contribution is -2.04. The van der Waals surface area contributed by atoms with Crippen LogP contribution >= 0.6 is 0 Å². The summed E-state index contributed by atoms with van der Waals surface area (Å²) >= 11 is 0. The molecule has 0 bridgehead atoms. The van der Waals surface area contributed by atoms with E-state index in [1.807, 2.05) is 37.3 Å². The average Bonchev–Trinajstić information content (AvgIpc) is 2.38. The van der Waals surface area contributed by atoms with Gasteiger partial charge in [-0.1, -0.05) is 37.3 Å². The molecule has 0 radical (unpaired) electrons. The molecule has 0 spiro atoms. The van der Waals surface area contributed by atoms with E-state index in [1.165, 1.54) is 0 Å². The third-order valence-corrected chi connectivity index (χ3v) is 2.46. The van der Waals surface area contributed by atoms with Gasteiger partial charge in [0, 0.05) is 12.0 Å². The zero-order chi connectivity index (χ0) is 12.3. The second-order valence-corrected chi connectivity index (χ2v) is 3.58. The van der Waals surface area contributed by atoms with Crippen molar-refractivity contribution in [3.63, 3.8) is 0 Å². The molecule has 2 aromatic rings. The molecule has 84 valence electrons. The second kappa shape index (κ2) is 4.62. The number of aryl methyl sites for hydroxylation is 1. The van der Waals surface area contributed by atoms with Gasteiger partial charge in [0.25, 0.3) is 0 Å². The number of anilines is 1. The molecule has 17 heavy (non-hydrogen) atoms. The number of nitrogen functional groups attached to an aromatic ring is 1. The van der Waals surface area contributed by atoms with Crippen LogP contribution in [0.15, 0.2) is 30.3 Å². The maximum absolute atomic E-state index is 9.11. The molecule has 4 nitrogen and oxygen atoms in total. The molecule has 0 aliphatic rings. The summed E-state index contributed by atoms with van der Waals surface area (Å²) in [6, 6.07) is 11.6. The quantitative estimate of drug-likeness (QED) is 0.848.